The molecule has 0 saturated heterocycles. The van der Waals surface area contributed by atoms with Crippen molar-refractivity contribution in [2.24, 2.45) is 0 Å². The maximum absolute atomic E-state index is 13.0. The molecular formula is C22H24N2O4. The van der Waals surface area contributed by atoms with Gasteiger partial charge in [0, 0.05) is 19.0 Å². The Kier molecular flexibility index (Phi) is 6.57. The predicted octanol–water partition coefficient (Wildman–Crippen LogP) is 2.59. The van der Waals surface area contributed by atoms with Gasteiger partial charge in [0.2, 0.25) is 0 Å². The molecule has 2 aromatic rings. The number of amides is 2. The van der Waals surface area contributed by atoms with E-state index in [0.717, 1.165) is 21.8 Å². The molecule has 146 valence electrons. The Labute approximate surface area is 164 Å². The van der Waals surface area contributed by atoms with Gasteiger partial charge in [-0.25, -0.2) is 5.06 Å². The van der Waals surface area contributed by atoms with Crippen LogP contribution in [-0.2, 0) is 27.4 Å². The first-order valence-electron chi connectivity index (χ1n) is 9.12. The van der Waals surface area contributed by atoms with Gasteiger partial charge in [0.1, 0.15) is 6.04 Å². The molecule has 0 spiro atoms. The quantitative estimate of drug-likeness (QED) is 0.814. The number of hydrogen-bond acceptors (Lipinski definition) is 4. The number of likely N-dealkylation sites (N-methyl/N-ethyl adjacent to an activating group) is 1. The third-order valence-corrected chi connectivity index (χ3v) is 4.70. The molecule has 28 heavy (non-hydrogen) atoms. The van der Waals surface area contributed by atoms with Crippen LogP contribution in [0.25, 0.3) is 6.08 Å². The third kappa shape index (κ3) is 4.65. The van der Waals surface area contributed by atoms with Crippen LogP contribution in [0.15, 0.2) is 54.6 Å². The second kappa shape index (κ2) is 9.30. The minimum absolute atomic E-state index is 0.312. The zero-order chi connectivity index (χ0) is 19.9. The monoisotopic (exact) mass is 380 g/mol. The minimum Gasteiger partial charge on any atom is -0.373 e. The average molecular weight is 380 g/mol. The van der Waals surface area contributed by atoms with E-state index in [2.05, 4.69) is 5.32 Å². The van der Waals surface area contributed by atoms with Crippen molar-refractivity contribution < 1.29 is 19.2 Å². The number of carbonyl (C=O) groups is 2. The highest BCUT2D eigenvalue weighted by atomic mass is 16.7. The van der Waals surface area contributed by atoms with Crippen LogP contribution in [0.4, 0.5) is 0 Å². The Bertz CT molecular complexity index is 878. The number of fused-ring (bicyclic) bond motifs is 2. The Morgan fingerprint density at radius 2 is 1.86 bits per heavy atom. The average Bonchev–Trinajstić information content (AvgIpc) is 2.73. The van der Waals surface area contributed by atoms with E-state index >= 15 is 0 Å². The molecule has 1 N–H and O–H groups in total. The van der Waals surface area contributed by atoms with E-state index in [1.165, 1.54) is 14.2 Å². The van der Waals surface area contributed by atoms with Gasteiger partial charge in [0.15, 0.2) is 0 Å². The third-order valence-electron chi connectivity index (χ3n) is 4.70. The molecule has 0 saturated carbocycles. The number of hydroxylamine groups is 2. The van der Waals surface area contributed by atoms with Crippen molar-refractivity contribution in [2.45, 2.75) is 19.1 Å². The highest BCUT2D eigenvalue weighted by molar-refractivity contribution is 5.98. The van der Waals surface area contributed by atoms with Crippen LogP contribution >= 0.6 is 0 Å². The smallest absolute Gasteiger partial charge is 0.268 e. The summed E-state index contributed by atoms with van der Waals surface area (Å²) in [5, 5.41) is 4.01. The van der Waals surface area contributed by atoms with E-state index in [4.69, 9.17) is 9.57 Å². The second-order valence-corrected chi connectivity index (χ2v) is 6.52. The van der Waals surface area contributed by atoms with Crippen LogP contribution in [0.5, 0.6) is 0 Å². The van der Waals surface area contributed by atoms with Crippen LogP contribution in [-0.4, -0.2) is 43.7 Å². The zero-order valence-corrected chi connectivity index (χ0v) is 16.1. The number of ether oxygens (including phenoxy) is 1. The lowest BCUT2D eigenvalue weighted by molar-refractivity contribution is -0.170. The van der Waals surface area contributed by atoms with Crippen molar-refractivity contribution in [3.63, 3.8) is 0 Å². The fourth-order valence-electron chi connectivity index (χ4n) is 3.13. The lowest BCUT2D eigenvalue weighted by Crippen LogP contribution is -2.48. The van der Waals surface area contributed by atoms with E-state index in [1.54, 1.807) is 12.1 Å². The van der Waals surface area contributed by atoms with Crippen LogP contribution in [0, 0.1) is 0 Å². The largest absolute Gasteiger partial charge is 0.373 e. The molecule has 0 unspecified atom stereocenters. The number of hydrogen-bond donors (Lipinski definition) is 1. The fraction of sp³-hybridized carbons (Fsp3) is 0.273. The summed E-state index contributed by atoms with van der Waals surface area (Å²) in [6.07, 6.45) is 4.26. The Balaban J connectivity index is 2.00. The van der Waals surface area contributed by atoms with Gasteiger partial charge in [-0.3, -0.25) is 14.4 Å². The first-order chi connectivity index (χ1) is 13.6. The molecule has 1 aliphatic heterocycles. The summed E-state index contributed by atoms with van der Waals surface area (Å²) in [6.45, 7) is 0.741. The first-order valence-corrected chi connectivity index (χ1v) is 9.12. The Morgan fingerprint density at radius 1 is 1.14 bits per heavy atom. The summed E-state index contributed by atoms with van der Waals surface area (Å²) in [6, 6.07) is 14.3. The lowest BCUT2D eigenvalue weighted by atomic mass is 9.98. The number of nitrogens with zero attached hydrogens (tertiary/aromatic N) is 1. The van der Waals surface area contributed by atoms with Crippen molar-refractivity contribution in [1.82, 2.24) is 10.4 Å². The predicted molar refractivity (Wildman–Crippen MR) is 106 cm³/mol. The topological polar surface area (TPSA) is 67.9 Å². The maximum atomic E-state index is 13.0. The van der Waals surface area contributed by atoms with Crippen LogP contribution < -0.4 is 5.32 Å². The molecule has 1 atom stereocenters. The number of rotatable bonds is 2. The first kappa shape index (κ1) is 19.8. The van der Waals surface area contributed by atoms with Crippen molar-refractivity contribution >= 4 is 17.9 Å². The standard InChI is InChI=1S/C22H24N2O4/c1-24(27-2)22(26)20-14-17-9-4-3-8-16(17)11-7-13-28-15-18-10-5-6-12-19(18)21(25)23-20/h3-12,20H,13-15H2,1-2H3,(H,23,25)/t20-/m0/s1. The maximum Gasteiger partial charge on any atom is 0.268 e. The van der Waals surface area contributed by atoms with Crippen LogP contribution in [0.1, 0.15) is 27.0 Å². The Morgan fingerprint density at radius 3 is 2.64 bits per heavy atom. The molecular weight excluding hydrogens is 356 g/mol. The molecule has 0 aromatic heterocycles. The van der Waals surface area contributed by atoms with Gasteiger partial charge in [-0.1, -0.05) is 54.6 Å². The fourth-order valence-corrected chi connectivity index (χ4v) is 3.13. The van der Waals surface area contributed by atoms with Crippen LogP contribution in [0.3, 0.4) is 0 Å². The summed E-state index contributed by atoms with van der Waals surface area (Å²) >= 11 is 0. The van der Waals surface area contributed by atoms with E-state index in [1.807, 2.05) is 48.6 Å². The van der Waals surface area contributed by atoms with E-state index in [0.29, 0.717) is 25.2 Å². The van der Waals surface area contributed by atoms with Crippen molar-refractivity contribution in [1.29, 1.82) is 0 Å². The molecule has 0 fully saturated rings. The molecule has 0 radical (unpaired) electrons. The van der Waals surface area contributed by atoms with E-state index < -0.39 is 6.04 Å². The molecule has 0 bridgehead atoms. The molecule has 0 aliphatic carbocycles. The Hall–Kier alpha value is -2.96. The second-order valence-electron chi connectivity index (χ2n) is 6.52. The van der Waals surface area contributed by atoms with Crippen LogP contribution in [0.2, 0.25) is 0 Å². The summed E-state index contributed by atoms with van der Waals surface area (Å²) in [4.78, 5) is 30.8. The number of benzene rings is 2. The highest BCUT2D eigenvalue weighted by Gasteiger charge is 2.26. The molecule has 6 nitrogen and oxygen atoms in total. The van der Waals surface area contributed by atoms with Gasteiger partial charge >= 0.3 is 0 Å². The normalized spacial score (nSPS) is 17.2. The van der Waals surface area contributed by atoms with Gasteiger partial charge in [-0.2, -0.15) is 0 Å². The molecule has 2 amide bonds. The molecule has 1 heterocycles. The summed E-state index contributed by atoms with van der Waals surface area (Å²) in [7, 11) is 2.95. The van der Waals surface area contributed by atoms with Crippen molar-refractivity contribution in [3.05, 3.63) is 76.9 Å². The summed E-state index contributed by atoms with van der Waals surface area (Å²) in [5.74, 6) is -0.634. The molecule has 2 aromatic carbocycles. The van der Waals surface area contributed by atoms with Gasteiger partial charge in [-0.15, -0.1) is 0 Å². The highest BCUT2D eigenvalue weighted by Crippen LogP contribution is 2.17. The van der Waals surface area contributed by atoms with Crippen molar-refractivity contribution in [2.75, 3.05) is 20.8 Å². The van der Waals surface area contributed by atoms with E-state index in [-0.39, 0.29) is 11.8 Å². The summed E-state index contributed by atoms with van der Waals surface area (Å²) < 4.78 is 5.70. The summed E-state index contributed by atoms with van der Waals surface area (Å²) in [5.41, 5.74) is 3.21. The van der Waals surface area contributed by atoms with Gasteiger partial charge in [-0.05, 0) is 22.8 Å². The molecule has 1 aliphatic rings. The van der Waals surface area contributed by atoms with Gasteiger partial charge < -0.3 is 10.1 Å². The molecule has 3 rings (SSSR count). The minimum atomic E-state index is -0.762. The van der Waals surface area contributed by atoms with Gasteiger partial charge in [0.25, 0.3) is 11.8 Å². The molecule has 6 heteroatoms. The zero-order valence-electron chi connectivity index (χ0n) is 16.1. The van der Waals surface area contributed by atoms with E-state index in [9.17, 15) is 9.59 Å². The lowest BCUT2D eigenvalue weighted by Gasteiger charge is -2.24. The van der Waals surface area contributed by atoms with Gasteiger partial charge in [0.05, 0.1) is 20.3 Å². The number of carbonyl (C=O) groups excluding carboxylic acids is 2. The number of nitrogens with one attached hydrogen (secondary N) is 1. The van der Waals surface area contributed by atoms with Crippen molar-refractivity contribution in [3.8, 4) is 0 Å². The SMILES string of the molecule is CON(C)C(=O)[C@@H]1Cc2ccccc2C=CCOCc2ccccc2C(=O)N1.